The predicted octanol–water partition coefficient (Wildman–Crippen LogP) is 3.31. The van der Waals surface area contributed by atoms with Gasteiger partial charge in [-0.3, -0.25) is 14.2 Å². The van der Waals surface area contributed by atoms with Crippen LogP contribution < -0.4 is 0 Å². The fraction of sp³-hybridized carbons (Fsp3) is 0.294. The summed E-state index contributed by atoms with van der Waals surface area (Å²) in [6, 6.07) is 7.54. The number of para-hydroxylation sites is 1. The Labute approximate surface area is 124 Å². The summed E-state index contributed by atoms with van der Waals surface area (Å²) in [5.41, 5.74) is 0.704. The molecule has 110 valence electrons. The molecule has 4 nitrogen and oxygen atoms in total. The topological polar surface area (TPSA) is 48.3 Å². The maximum atomic E-state index is 12.3. The number of esters is 1. The van der Waals surface area contributed by atoms with Gasteiger partial charge in [-0.15, -0.1) is 6.58 Å². The second-order valence-electron chi connectivity index (χ2n) is 5.27. The number of carbonyl (C=O) groups is 2. The number of ether oxygens (including phenoxy) is 1. The third-order valence-corrected chi connectivity index (χ3v) is 3.83. The van der Waals surface area contributed by atoms with Crippen molar-refractivity contribution < 1.29 is 14.3 Å². The molecule has 2 aromatic rings. The lowest BCUT2D eigenvalue weighted by Crippen LogP contribution is -2.33. The molecule has 0 saturated carbocycles. The summed E-state index contributed by atoms with van der Waals surface area (Å²) >= 11 is 0. The van der Waals surface area contributed by atoms with Crippen LogP contribution in [0.1, 0.15) is 30.6 Å². The number of nitrogens with zero attached hydrogens (tertiary/aromatic N) is 1. The van der Waals surface area contributed by atoms with Crippen LogP contribution in [0.5, 0.6) is 0 Å². The standard InChI is InChI=1S/C17H19NO3/c1-5-10-17(3,16(20)21-4)14-11-18(12(2)19)15-9-7-6-8-13(14)15/h5-9,11H,1,10H2,2-4H3. The number of fused-ring (bicyclic) bond motifs is 1. The Kier molecular flexibility index (Phi) is 3.98. The predicted molar refractivity (Wildman–Crippen MR) is 82.4 cm³/mol. The quantitative estimate of drug-likeness (QED) is 0.639. The minimum absolute atomic E-state index is 0.0942. The number of aromatic nitrogens is 1. The van der Waals surface area contributed by atoms with Crippen molar-refractivity contribution in [2.75, 3.05) is 7.11 Å². The molecule has 1 heterocycles. The molecule has 0 aliphatic rings. The number of hydrogen-bond acceptors (Lipinski definition) is 3. The number of allylic oxidation sites excluding steroid dienone is 1. The normalized spacial score (nSPS) is 13.7. The lowest BCUT2D eigenvalue weighted by atomic mass is 9.79. The molecule has 21 heavy (non-hydrogen) atoms. The zero-order valence-electron chi connectivity index (χ0n) is 12.6. The maximum Gasteiger partial charge on any atom is 0.316 e. The zero-order chi connectivity index (χ0) is 15.6. The van der Waals surface area contributed by atoms with Crippen molar-refractivity contribution in [3.63, 3.8) is 0 Å². The molecular formula is C17H19NO3. The van der Waals surface area contributed by atoms with E-state index in [-0.39, 0.29) is 11.9 Å². The SMILES string of the molecule is C=CCC(C)(C(=O)OC)c1cn(C(C)=O)c2ccccc12. The second-order valence-corrected chi connectivity index (χ2v) is 5.27. The summed E-state index contributed by atoms with van der Waals surface area (Å²) in [6.07, 6.45) is 3.86. The van der Waals surface area contributed by atoms with Crippen molar-refractivity contribution in [2.45, 2.75) is 25.7 Å². The van der Waals surface area contributed by atoms with E-state index in [9.17, 15) is 9.59 Å². The van der Waals surface area contributed by atoms with Crippen LogP contribution in [0.2, 0.25) is 0 Å². The van der Waals surface area contributed by atoms with Gasteiger partial charge < -0.3 is 4.74 Å². The van der Waals surface area contributed by atoms with Crippen molar-refractivity contribution in [1.82, 2.24) is 4.57 Å². The molecular weight excluding hydrogens is 266 g/mol. The minimum Gasteiger partial charge on any atom is -0.468 e. The number of benzene rings is 1. The van der Waals surface area contributed by atoms with Gasteiger partial charge in [0.1, 0.15) is 0 Å². The van der Waals surface area contributed by atoms with Gasteiger partial charge in [0.05, 0.1) is 18.0 Å². The van der Waals surface area contributed by atoms with Crippen LogP contribution in [0.3, 0.4) is 0 Å². The Balaban J connectivity index is 2.77. The molecule has 0 amide bonds. The molecule has 0 radical (unpaired) electrons. The van der Waals surface area contributed by atoms with Crippen LogP contribution in [0, 0.1) is 0 Å². The summed E-state index contributed by atoms with van der Waals surface area (Å²) in [7, 11) is 1.37. The lowest BCUT2D eigenvalue weighted by molar-refractivity contribution is -0.146. The van der Waals surface area contributed by atoms with Crippen LogP contribution in [0.25, 0.3) is 10.9 Å². The maximum absolute atomic E-state index is 12.3. The van der Waals surface area contributed by atoms with Gasteiger partial charge in [-0.2, -0.15) is 0 Å². The van der Waals surface area contributed by atoms with Gasteiger partial charge in [-0.1, -0.05) is 24.3 Å². The van der Waals surface area contributed by atoms with Crippen molar-refractivity contribution >= 4 is 22.8 Å². The van der Waals surface area contributed by atoms with E-state index in [0.29, 0.717) is 6.42 Å². The molecule has 1 unspecified atom stereocenters. The summed E-state index contributed by atoms with van der Waals surface area (Å²) < 4.78 is 6.52. The van der Waals surface area contributed by atoms with Crippen LogP contribution in [0.4, 0.5) is 0 Å². The Morgan fingerprint density at radius 3 is 2.62 bits per heavy atom. The highest BCUT2D eigenvalue weighted by Gasteiger charge is 2.38. The molecule has 1 atom stereocenters. The Hall–Kier alpha value is -2.36. The zero-order valence-corrected chi connectivity index (χ0v) is 12.6. The number of rotatable bonds is 4. The average Bonchev–Trinajstić information content (AvgIpc) is 2.86. The molecule has 0 N–H and O–H groups in total. The fourth-order valence-corrected chi connectivity index (χ4v) is 2.70. The van der Waals surface area contributed by atoms with Crippen LogP contribution in [-0.2, 0) is 14.9 Å². The Morgan fingerprint density at radius 2 is 2.05 bits per heavy atom. The number of methoxy groups -OCH3 is 1. The first-order valence-electron chi connectivity index (χ1n) is 6.76. The molecule has 0 bridgehead atoms. The van der Waals surface area contributed by atoms with E-state index in [1.54, 1.807) is 16.8 Å². The third-order valence-electron chi connectivity index (χ3n) is 3.83. The van der Waals surface area contributed by atoms with Crippen molar-refractivity contribution in [2.24, 2.45) is 0 Å². The second kappa shape index (κ2) is 5.56. The Bertz CT molecular complexity index is 714. The molecule has 0 aliphatic heterocycles. The molecule has 1 aromatic carbocycles. The smallest absolute Gasteiger partial charge is 0.316 e. The molecule has 0 spiro atoms. The van der Waals surface area contributed by atoms with Gasteiger partial charge in [-0.25, -0.2) is 0 Å². The van der Waals surface area contributed by atoms with Crippen molar-refractivity contribution in [3.05, 3.63) is 48.7 Å². The van der Waals surface area contributed by atoms with Gasteiger partial charge in [-0.05, 0) is 25.0 Å². The highest BCUT2D eigenvalue weighted by Crippen LogP contribution is 2.36. The summed E-state index contributed by atoms with van der Waals surface area (Å²) in [5, 5.41) is 0.877. The number of hydrogen-bond donors (Lipinski definition) is 0. The highest BCUT2D eigenvalue weighted by atomic mass is 16.5. The molecule has 1 aromatic heterocycles. The van der Waals surface area contributed by atoms with Gasteiger partial charge in [0.2, 0.25) is 5.91 Å². The van der Waals surface area contributed by atoms with Crippen LogP contribution in [0.15, 0.2) is 43.1 Å². The van der Waals surface area contributed by atoms with E-state index in [1.165, 1.54) is 14.0 Å². The van der Waals surface area contributed by atoms with Gasteiger partial charge in [0.15, 0.2) is 0 Å². The first kappa shape index (κ1) is 15.0. The first-order valence-corrected chi connectivity index (χ1v) is 6.76. The molecule has 0 fully saturated rings. The summed E-state index contributed by atoms with van der Waals surface area (Å²) in [4.78, 5) is 24.1. The van der Waals surface area contributed by atoms with E-state index < -0.39 is 5.41 Å². The van der Waals surface area contributed by atoms with E-state index in [0.717, 1.165) is 16.5 Å². The van der Waals surface area contributed by atoms with Gasteiger partial charge in [0.25, 0.3) is 0 Å². The van der Waals surface area contributed by atoms with Gasteiger partial charge >= 0.3 is 5.97 Å². The van der Waals surface area contributed by atoms with E-state index in [1.807, 2.05) is 31.2 Å². The Morgan fingerprint density at radius 1 is 1.38 bits per heavy atom. The van der Waals surface area contributed by atoms with Crippen LogP contribution >= 0.6 is 0 Å². The summed E-state index contributed by atoms with van der Waals surface area (Å²) in [6.45, 7) is 7.04. The highest BCUT2D eigenvalue weighted by molar-refractivity contribution is 5.98. The average molecular weight is 285 g/mol. The van der Waals surface area contributed by atoms with E-state index >= 15 is 0 Å². The first-order chi connectivity index (χ1) is 9.95. The lowest BCUT2D eigenvalue weighted by Gasteiger charge is -2.25. The number of carbonyl (C=O) groups excluding carboxylic acids is 2. The van der Waals surface area contributed by atoms with E-state index in [4.69, 9.17) is 4.74 Å². The van der Waals surface area contributed by atoms with Gasteiger partial charge in [0, 0.05) is 18.5 Å². The van der Waals surface area contributed by atoms with E-state index in [2.05, 4.69) is 6.58 Å². The fourth-order valence-electron chi connectivity index (χ4n) is 2.70. The van der Waals surface area contributed by atoms with Crippen molar-refractivity contribution in [1.29, 1.82) is 0 Å². The monoisotopic (exact) mass is 285 g/mol. The molecule has 4 heteroatoms. The third kappa shape index (κ3) is 2.37. The summed E-state index contributed by atoms with van der Waals surface area (Å²) in [5.74, 6) is -0.433. The largest absolute Gasteiger partial charge is 0.468 e. The molecule has 0 aliphatic carbocycles. The molecule has 2 rings (SSSR count). The van der Waals surface area contributed by atoms with Crippen LogP contribution in [-0.4, -0.2) is 23.6 Å². The van der Waals surface area contributed by atoms with Crippen molar-refractivity contribution in [3.8, 4) is 0 Å². The minimum atomic E-state index is -0.864. The molecule has 0 saturated heterocycles.